The van der Waals surface area contributed by atoms with Gasteiger partial charge < -0.3 is 10.4 Å². The number of benzene rings is 2. The van der Waals surface area contributed by atoms with Crippen LogP contribution in [0, 0.1) is 17.7 Å². The summed E-state index contributed by atoms with van der Waals surface area (Å²) in [4.78, 5) is 11.3. The smallest absolute Gasteiger partial charge is 0.243 e. The van der Waals surface area contributed by atoms with Crippen molar-refractivity contribution in [3.05, 3.63) is 59.9 Å². The summed E-state index contributed by atoms with van der Waals surface area (Å²) in [5.74, 6) is -0.797. The normalized spacial score (nSPS) is 26.9. The summed E-state index contributed by atoms with van der Waals surface area (Å²) in [6.45, 7) is 1.96. The molecule has 0 radical (unpaired) electrons. The molecule has 1 amide bonds. The van der Waals surface area contributed by atoms with Crippen molar-refractivity contribution in [2.24, 2.45) is 11.8 Å². The highest BCUT2D eigenvalue weighted by Gasteiger charge is 2.52. The van der Waals surface area contributed by atoms with Gasteiger partial charge in [-0.15, -0.1) is 0 Å². The largest absolute Gasteiger partial charge is 0.385 e. The van der Waals surface area contributed by atoms with Crippen LogP contribution in [0.5, 0.6) is 0 Å². The van der Waals surface area contributed by atoms with Gasteiger partial charge in [-0.3, -0.25) is 4.79 Å². The van der Waals surface area contributed by atoms with Gasteiger partial charge >= 0.3 is 0 Å². The third kappa shape index (κ3) is 3.75. The topological polar surface area (TPSA) is 86.7 Å². The molecule has 1 aliphatic heterocycles. The van der Waals surface area contributed by atoms with Crippen molar-refractivity contribution in [3.63, 3.8) is 0 Å². The maximum absolute atomic E-state index is 13.4. The Bertz CT molecular complexity index is 1040. The number of amides is 1. The Balaban J connectivity index is 1.58. The zero-order valence-corrected chi connectivity index (χ0v) is 17.5. The molecule has 3 atom stereocenters. The number of nitrogens with one attached hydrogen (secondary N) is 1. The summed E-state index contributed by atoms with van der Waals surface area (Å²) in [5.41, 5.74) is -0.00406. The van der Waals surface area contributed by atoms with Crippen molar-refractivity contribution in [1.29, 1.82) is 0 Å². The third-order valence-corrected chi connectivity index (χ3v) is 8.16. The van der Waals surface area contributed by atoms with Crippen LogP contribution < -0.4 is 5.32 Å². The molecule has 2 aromatic carbocycles. The summed E-state index contributed by atoms with van der Waals surface area (Å²) in [6.07, 6.45) is 2.16. The number of carbonyl (C=O) groups excluding carboxylic acids is 1. The fraction of sp³-hybridized carbons (Fsp3) is 0.409. The monoisotopic (exact) mass is 432 g/mol. The molecule has 3 unspecified atom stereocenters. The molecular formula is C22H25FN2O4S. The van der Waals surface area contributed by atoms with E-state index in [9.17, 15) is 22.7 Å². The first-order valence-corrected chi connectivity index (χ1v) is 11.5. The lowest BCUT2D eigenvalue weighted by Crippen LogP contribution is -2.43. The molecule has 6 nitrogen and oxygen atoms in total. The number of sulfonamides is 1. The van der Waals surface area contributed by atoms with Crippen LogP contribution in [0.2, 0.25) is 0 Å². The lowest BCUT2D eigenvalue weighted by atomic mass is 9.67. The van der Waals surface area contributed by atoms with Gasteiger partial charge in [-0.25, -0.2) is 12.8 Å². The van der Waals surface area contributed by atoms with E-state index >= 15 is 0 Å². The molecule has 4 rings (SSSR count). The molecule has 30 heavy (non-hydrogen) atoms. The number of carbonyl (C=O) groups is 1. The second-order valence-corrected chi connectivity index (χ2v) is 10.2. The first kappa shape index (κ1) is 21.0. The molecule has 1 saturated carbocycles. The van der Waals surface area contributed by atoms with E-state index < -0.39 is 15.6 Å². The van der Waals surface area contributed by atoms with Gasteiger partial charge in [-0.2, -0.15) is 4.31 Å². The quantitative estimate of drug-likeness (QED) is 0.777. The Morgan fingerprint density at radius 3 is 2.43 bits per heavy atom. The molecule has 2 fully saturated rings. The second-order valence-electron chi connectivity index (χ2n) is 8.22. The fourth-order valence-electron chi connectivity index (χ4n) is 4.84. The van der Waals surface area contributed by atoms with Crippen molar-refractivity contribution in [2.75, 3.05) is 18.4 Å². The highest BCUT2D eigenvalue weighted by molar-refractivity contribution is 7.89. The molecule has 0 aromatic heterocycles. The van der Waals surface area contributed by atoms with E-state index in [2.05, 4.69) is 5.32 Å². The van der Waals surface area contributed by atoms with Crippen molar-refractivity contribution >= 4 is 21.6 Å². The van der Waals surface area contributed by atoms with Crippen molar-refractivity contribution in [1.82, 2.24) is 4.31 Å². The van der Waals surface area contributed by atoms with E-state index in [1.54, 1.807) is 24.3 Å². The summed E-state index contributed by atoms with van der Waals surface area (Å²) in [5, 5.41) is 14.1. The molecule has 8 heteroatoms. The molecular weight excluding hydrogens is 407 g/mol. The van der Waals surface area contributed by atoms with Crippen LogP contribution in [0.4, 0.5) is 10.1 Å². The minimum Gasteiger partial charge on any atom is -0.385 e. The minimum absolute atomic E-state index is 0.0437. The van der Waals surface area contributed by atoms with E-state index in [1.165, 1.54) is 35.5 Å². The SMILES string of the molecule is CC(=O)Nc1ccc(S(=O)(=O)N2CC3CCCC(O)(c4ccc(F)cc4)C3C2)cc1. The van der Waals surface area contributed by atoms with Crippen LogP contribution in [0.3, 0.4) is 0 Å². The van der Waals surface area contributed by atoms with Gasteiger partial charge in [-0.05, 0) is 67.1 Å². The number of nitrogens with zero attached hydrogens (tertiary/aromatic N) is 1. The first-order chi connectivity index (χ1) is 14.2. The minimum atomic E-state index is -3.73. The molecule has 0 spiro atoms. The molecule has 160 valence electrons. The summed E-state index contributed by atoms with van der Waals surface area (Å²) < 4.78 is 41.2. The zero-order valence-electron chi connectivity index (χ0n) is 16.7. The van der Waals surface area contributed by atoms with E-state index in [1.807, 2.05) is 0 Å². The van der Waals surface area contributed by atoms with Crippen LogP contribution in [-0.2, 0) is 20.4 Å². The molecule has 0 bridgehead atoms. The Morgan fingerprint density at radius 1 is 1.13 bits per heavy atom. The first-order valence-electron chi connectivity index (χ1n) is 10.1. The molecule has 2 N–H and O–H groups in total. The number of rotatable bonds is 4. The van der Waals surface area contributed by atoms with E-state index in [-0.39, 0.29) is 35.0 Å². The summed E-state index contributed by atoms with van der Waals surface area (Å²) in [6, 6.07) is 11.9. The van der Waals surface area contributed by atoms with Crippen molar-refractivity contribution < 1.29 is 22.7 Å². The van der Waals surface area contributed by atoms with Gasteiger partial charge in [0.15, 0.2) is 0 Å². The van der Waals surface area contributed by atoms with Crippen LogP contribution >= 0.6 is 0 Å². The van der Waals surface area contributed by atoms with Gasteiger partial charge in [0, 0.05) is 31.6 Å². The van der Waals surface area contributed by atoms with Crippen LogP contribution in [0.1, 0.15) is 31.7 Å². The number of aliphatic hydroxyl groups is 1. The van der Waals surface area contributed by atoms with Gasteiger partial charge in [0.1, 0.15) is 5.82 Å². The van der Waals surface area contributed by atoms with E-state index in [0.29, 0.717) is 24.2 Å². The predicted molar refractivity (Wildman–Crippen MR) is 111 cm³/mol. The maximum Gasteiger partial charge on any atom is 0.243 e. The molecule has 1 saturated heterocycles. The number of halogens is 1. The number of fused-ring (bicyclic) bond motifs is 1. The second kappa shape index (κ2) is 7.76. The van der Waals surface area contributed by atoms with E-state index in [0.717, 1.165) is 12.8 Å². The fourth-order valence-corrected chi connectivity index (χ4v) is 6.36. The maximum atomic E-state index is 13.4. The molecule has 2 aliphatic rings. The van der Waals surface area contributed by atoms with Gasteiger partial charge in [0.05, 0.1) is 10.5 Å². The van der Waals surface area contributed by atoms with Crippen LogP contribution in [0.15, 0.2) is 53.4 Å². The van der Waals surface area contributed by atoms with Crippen molar-refractivity contribution in [2.45, 2.75) is 36.7 Å². The Morgan fingerprint density at radius 2 is 1.80 bits per heavy atom. The lowest BCUT2D eigenvalue weighted by molar-refractivity contribution is -0.114. The lowest BCUT2D eigenvalue weighted by Gasteiger charge is -2.41. The molecule has 1 aliphatic carbocycles. The van der Waals surface area contributed by atoms with Crippen LogP contribution in [0.25, 0.3) is 0 Å². The highest BCUT2D eigenvalue weighted by Crippen LogP contribution is 2.49. The summed E-state index contributed by atoms with van der Waals surface area (Å²) >= 11 is 0. The number of hydrogen-bond donors (Lipinski definition) is 2. The Kier molecular flexibility index (Phi) is 5.42. The Labute approximate surface area is 175 Å². The number of anilines is 1. The standard InChI is InChI=1S/C22H25FN2O4S/c1-15(26)24-19-8-10-20(11-9-19)30(28,29)25-13-16-3-2-12-22(27,21(16)14-25)17-4-6-18(23)7-5-17/h4-11,16,21,27H,2-3,12-14H2,1H3,(H,24,26). The van der Waals surface area contributed by atoms with Gasteiger partial charge in [0.25, 0.3) is 0 Å². The highest BCUT2D eigenvalue weighted by atomic mass is 32.2. The summed E-state index contributed by atoms with van der Waals surface area (Å²) in [7, 11) is -3.73. The molecule has 1 heterocycles. The van der Waals surface area contributed by atoms with Crippen molar-refractivity contribution in [3.8, 4) is 0 Å². The third-order valence-electron chi connectivity index (χ3n) is 6.31. The van der Waals surface area contributed by atoms with E-state index in [4.69, 9.17) is 0 Å². The predicted octanol–water partition coefficient (Wildman–Crippen LogP) is 3.09. The van der Waals surface area contributed by atoms with Gasteiger partial charge in [0.2, 0.25) is 15.9 Å². The average Bonchev–Trinajstić information content (AvgIpc) is 3.15. The number of hydrogen-bond acceptors (Lipinski definition) is 4. The zero-order chi connectivity index (χ0) is 21.5. The Hall–Kier alpha value is -2.29. The molecule has 2 aromatic rings. The van der Waals surface area contributed by atoms with Crippen LogP contribution in [-0.4, -0.2) is 36.8 Å². The average molecular weight is 433 g/mol. The van der Waals surface area contributed by atoms with Gasteiger partial charge in [-0.1, -0.05) is 12.1 Å².